The zero-order valence-electron chi connectivity index (χ0n) is 18.5. The number of amides is 2. The Morgan fingerprint density at radius 1 is 1.09 bits per heavy atom. The van der Waals surface area contributed by atoms with Crippen LogP contribution in [0.5, 0.6) is 0 Å². The summed E-state index contributed by atoms with van der Waals surface area (Å²) in [4.78, 5) is 36.3. The van der Waals surface area contributed by atoms with E-state index < -0.39 is 30.4 Å². The second kappa shape index (κ2) is 10.0. The highest BCUT2D eigenvalue weighted by molar-refractivity contribution is 5.89. The third-order valence-electron chi connectivity index (χ3n) is 6.40. The predicted molar refractivity (Wildman–Crippen MR) is 121 cm³/mol. The van der Waals surface area contributed by atoms with Crippen LogP contribution < -0.4 is 10.6 Å². The maximum absolute atomic E-state index is 12.6. The number of carboxylic acids is 1. The van der Waals surface area contributed by atoms with Crippen LogP contribution in [0, 0.1) is 5.92 Å². The SMILES string of the molecule is CC1OCCC1CNC(=O)C(CC(=O)O)NC(=O)OCC1c2ccccc2-c2ccccc21. The van der Waals surface area contributed by atoms with Crippen molar-refractivity contribution in [3.8, 4) is 11.1 Å². The Bertz CT molecular complexity index is 994. The van der Waals surface area contributed by atoms with Gasteiger partial charge in [0.2, 0.25) is 5.91 Å². The van der Waals surface area contributed by atoms with Gasteiger partial charge in [0.25, 0.3) is 0 Å². The minimum Gasteiger partial charge on any atom is -0.481 e. The molecular weight excluding hydrogens is 424 g/mol. The van der Waals surface area contributed by atoms with Crippen LogP contribution in [-0.4, -0.2) is 55.0 Å². The molecule has 174 valence electrons. The normalized spacial score (nSPS) is 19.9. The summed E-state index contributed by atoms with van der Waals surface area (Å²) in [5.74, 6) is -1.70. The lowest BCUT2D eigenvalue weighted by Gasteiger charge is -2.20. The quantitative estimate of drug-likeness (QED) is 0.568. The van der Waals surface area contributed by atoms with E-state index in [2.05, 4.69) is 10.6 Å². The average molecular weight is 453 g/mol. The number of hydrogen-bond donors (Lipinski definition) is 3. The van der Waals surface area contributed by atoms with Crippen LogP contribution in [0.15, 0.2) is 48.5 Å². The summed E-state index contributed by atoms with van der Waals surface area (Å²) in [6.07, 6.45) is -0.508. The summed E-state index contributed by atoms with van der Waals surface area (Å²) in [5, 5.41) is 14.4. The third kappa shape index (κ3) is 5.17. The molecule has 33 heavy (non-hydrogen) atoms. The summed E-state index contributed by atoms with van der Waals surface area (Å²) in [6, 6.07) is 14.7. The molecule has 1 heterocycles. The molecule has 8 heteroatoms. The van der Waals surface area contributed by atoms with Crippen LogP contribution in [0.2, 0.25) is 0 Å². The van der Waals surface area contributed by atoms with Gasteiger partial charge in [-0.25, -0.2) is 4.79 Å². The maximum Gasteiger partial charge on any atom is 0.407 e. The number of ether oxygens (including phenoxy) is 2. The Balaban J connectivity index is 1.37. The van der Waals surface area contributed by atoms with Crippen molar-refractivity contribution in [3.63, 3.8) is 0 Å². The van der Waals surface area contributed by atoms with E-state index in [0.29, 0.717) is 13.2 Å². The second-order valence-corrected chi connectivity index (χ2v) is 8.49. The summed E-state index contributed by atoms with van der Waals surface area (Å²) < 4.78 is 10.9. The van der Waals surface area contributed by atoms with Gasteiger partial charge in [-0.05, 0) is 35.6 Å². The van der Waals surface area contributed by atoms with E-state index in [0.717, 1.165) is 28.7 Å². The van der Waals surface area contributed by atoms with Gasteiger partial charge in [-0.3, -0.25) is 9.59 Å². The van der Waals surface area contributed by atoms with Crippen LogP contribution in [0.4, 0.5) is 4.79 Å². The van der Waals surface area contributed by atoms with Crippen molar-refractivity contribution < 1.29 is 29.0 Å². The Hall–Kier alpha value is -3.39. The second-order valence-electron chi connectivity index (χ2n) is 8.49. The van der Waals surface area contributed by atoms with Crippen LogP contribution in [-0.2, 0) is 19.1 Å². The molecule has 2 amide bonds. The zero-order chi connectivity index (χ0) is 23.4. The van der Waals surface area contributed by atoms with Gasteiger partial charge in [-0.1, -0.05) is 48.5 Å². The van der Waals surface area contributed by atoms with Crippen molar-refractivity contribution in [1.82, 2.24) is 10.6 Å². The number of aliphatic carboxylic acids is 1. The number of carbonyl (C=O) groups is 3. The average Bonchev–Trinajstić information content (AvgIpc) is 3.36. The Kier molecular flexibility index (Phi) is 6.93. The topological polar surface area (TPSA) is 114 Å². The molecule has 0 radical (unpaired) electrons. The highest BCUT2D eigenvalue weighted by Gasteiger charge is 2.31. The first-order valence-corrected chi connectivity index (χ1v) is 11.2. The van der Waals surface area contributed by atoms with E-state index in [1.54, 1.807) is 0 Å². The van der Waals surface area contributed by atoms with Crippen molar-refractivity contribution in [1.29, 1.82) is 0 Å². The number of rotatable bonds is 8. The Labute approximate surface area is 192 Å². The maximum atomic E-state index is 12.6. The molecular formula is C25H28N2O6. The van der Waals surface area contributed by atoms with E-state index in [4.69, 9.17) is 9.47 Å². The number of fused-ring (bicyclic) bond motifs is 3. The molecule has 1 fully saturated rings. The van der Waals surface area contributed by atoms with Gasteiger partial charge in [0.1, 0.15) is 12.6 Å². The Morgan fingerprint density at radius 3 is 2.30 bits per heavy atom. The molecule has 1 aliphatic heterocycles. The number of hydrogen-bond acceptors (Lipinski definition) is 5. The minimum absolute atomic E-state index is 0.0262. The molecule has 0 saturated carbocycles. The van der Waals surface area contributed by atoms with Crippen molar-refractivity contribution in [3.05, 3.63) is 59.7 Å². The fourth-order valence-electron chi connectivity index (χ4n) is 4.57. The molecule has 4 rings (SSSR count). The van der Waals surface area contributed by atoms with Gasteiger partial charge in [0.05, 0.1) is 12.5 Å². The monoisotopic (exact) mass is 452 g/mol. The van der Waals surface area contributed by atoms with Crippen LogP contribution in [0.25, 0.3) is 11.1 Å². The molecule has 0 bridgehead atoms. The first-order chi connectivity index (χ1) is 15.9. The standard InChI is InChI=1S/C25H28N2O6/c1-15-16(10-11-32-15)13-26-24(30)22(12-23(28)29)27-25(31)33-14-21-19-8-4-2-6-17(19)18-7-3-5-9-20(18)21/h2-9,15-16,21-22H,10-14H2,1H3,(H,26,30)(H,27,31)(H,28,29). The fraction of sp³-hybridized carbons (Fsp3) is 0.400. The first-order valence-electron chi connectivity index (χ1n) is 11.2. The lowest BCUT2D eigenvalue weighted by Crippen LogP contribution is -2.49. The molecule has 8 nitrogen and oxygen atoms in total. The number of benzene rings is 2. The number of carbonyl (C=O) groups excluding carboxylic acids is 2. The van der Waals surface area contributed by atoms with Crippen LogP contribution in [0.3, 0.4) is 0 Å². The number of nitrogens with one attached hydrogen (secondary N) is 2. The molecule has 3 N–H and O–H groups in total. The summed E-state index contributed by atoms with van der Waals surface area (Å²) in [7, 11) is 0. The molecule has 3 atom stereocenters. The van der Waals surface area contributed by atoms with Crippen molar-refractivity contribution in [2.75, 3.05) is 19.8 Å². The highest BCUT2D eigenvalue weighted by Crippen LogP contribution is 2.44. The molecule has 2 aliphatic rings. The summed E-state index contributed by atoms with van der Waals surface area (Å²) in [6.45, 7) is 3.02. The summed E-state index contributed by atoms with van der Waals surface area (Å²) >= 11 is 0. The van der Waals surface area contributed by atoms with Gasteiger partial charge in [-0.2, -0.15) is 0 Å². The third-order valence-corrected chi connectivity index (χ3v) is 6.40. The number of alkyl carbamates (subject to hydrolysis) is 1. The van der Waals surface area contributed by atoms with Crippen molar-refractivity contribution >= 4 is 18.0 Å². The van der Waals surface area contributed by atoms with Gasteiger partial charge in [0.15, 0.2) is 0 Å². The van der Waals surface area contributed by atoms with Crippen LogP contribution in [0.1, 0.15) is 36.8 Å². The van der Waals surface area contributed by atoms with Gasteiger partial charge >= 0.3 is 12.1 Å². The van der Waals surface area contributed by atoms with Crippen molar-refractivity contribution in [2.24, 2.45) is 5.92 Å². The van der Waals surface area contributed by atoms with E-state index in [-0.39, 0.29) is 24.5 Å². The lowest BCUT2D eigenvalue weighted by molar-refractivity contribution is -0.139. The van der Waals surface area contributed by atoms with Gasteiger partial charge < -0.3 is 25.2 Å². The highest BCUT2D eigenvalue weighted by atomic mass is 16.5. The molecule has 0 aromatic heterocycles. The lowest BCUT2D eigenvalue weighted by atomic mass is 9.98. The molecule has 2 aromatic carbocycles. The largest absolute Gasteiger partial charge is 0.481 e. The zero-order valence-corrected chi connectivity index (χ0v) is 18.5. The Morgan fingerprint density at radius 2 is 1.73 bits per heavy atom. The predicted octanol–water partition coefficient (Wildman–Crippen LogP) is 2.91. The smallest absolute Gasteiger partial charge is 0.407 e. The van der Waals surface area contributed by atoms with E-state index in [9.17, 15) is 19.5 Å². The molecule has 1 saturated heterocycles. The summed E-state index contributed by atoms with van der Waals surface area (Å²) in [5.41, 5.74) is 4.35. The van der Waals surface area contributed by atoms with E-state index in [1.807, 2.05) is 55.5 Å². The molecule has 3 unspecified atom stereocenters. The molecule has 1 aliphatic carbocycles. The van der Waals surface area contributed by atoms with Gasteiger partial charge in [0, 0.05) is 25.0 Å². The number of carboxylic acid groups (broad SMARTS) is 1. The first kappa shape index (κ1) is 22.8. The molecule has 2 aromatic rings. The molecule has 0 spiro atoms. The fourth-order valence-corrected chi connectivity index (χ4v) is 4.57. The van der Waals surface area contributed by atoms with E-state index in [1.165, 1.54) is 0 Å². The van der Waals surface area contributed by atoms with E-state index >= 15 is 0 Å². The van der Waals surface area contributed by atoms with Crippen LogP contribution >= 0.6 is 0 Å². The van der Waals surface area contributed by atoms with Gasteiger partial charge in [-0.15, -0.1) is 0 Å². The van der Waals surface area contributed by atoms with Crippen molar-refractivity contribution in [2.45, 2.75) is 37.8 Å². The minimum atomic E-state index is -1.23.